The van der Waals surface area contributed by atoms with Crippen LogP contribution in [0.2, 0.25) is 5.02 Å². The van der Waals surface area contributed by atoms with Crippen LogP contribution in [-0.2, 0) is 7.05 Å². The molecule has 1 aromatic carbocycles. The first-order chi connectivity index (χ1) is 14.1. The zero-order chi connectivity index (χ0) is 20.0. The summed E-state index contributed by atoms with van der Waals surface area (Å²) in [5, 5.41) is 7.28. The lowest BCUT2D eigenvalue weighted by atomic mass is 10.1. The zero-order valence-corrected chi connectivity index (χ0v) is 17.2. The van der Waals surface area contributed by atoms with Crippen LogP contribution in [0.1, 0.15) is 17.9 Å². The largest absolute Gasteiger partial charge is 0.330 e. The summed E-state index contributed by atoms with van der Waals surface area (Å²) in [7, 11) is 1.98. The van der Waals surface area contributed by atoms with E-state index in [1.807, 2.05) is 35.1 Å². The van der Waals surface area contributed by atoms with E-state index in [0.717, 1.165) is 27.7 Å². The maximum atomic E-state index is 11.3. The Bertz CT molecular complexity index is 1050. The monoisotopic (exact) mass is 426 g/mol. The molecule has 1 aliphatic heterocycles. The minimum absolute atomic E-state index is 0.124. The molecule has 0 radical (unpaired) electrons. The number of aromatic nitrogens is 3. The van der Waals surface area contributed by atoms with Gasteiger partial charge < -0.3 is 9.88 Å². The normalized spacial score (nSPS) is 21.1. The quantitative estimate of drug-likeness (QED) is 0.651. The van der Waals surface area contributed by atoms with E-state index in [9.17, 15) is 4.79 Å². The number of benzene rings is 1. The molecule has 2 fully saturated rings. The summed E-state index contributed by atoms with van der Waals surface area (Å²) in [6, 6.07) is 12.5. The maximum Gasteiger partial charge on any atom is 0.330 e. The number of nitrogens with one attached hydrogen (secondary N) is 2. The molecule has 1 unspecified atom stereocenters. The highest BCUT2D eigenvalue weighted by Gasteiger charge is 2.45. The number of urea groups is 1. The molecule has 29 heavy (non-hydrogen) atoms. The van der Waals surface area contributed by atoms with Gasteiger partial charge in [-0.2, -0.15) is 5.01 Å². The molecular formula is C20H19ClN6OS. The van der Waals surface area contributed by atoms with Gasteiger partial charge >= 0.3 is 6.03 Å². The number of imidazole rings is 1. The maximum absolute atomic E-state index is 11.3. The molecule has 3 heterocycles. The highest BCUT2D eigenvalue weighted by atomic mass is 35.5. The van der Waals surface area contributed by atoms with Crippen LogP contribution in [0.25, 0.3) is 11.3 Å². The van der Waals surface area contributed by atoms with E-state index in [-0.39, 0.29) is 6.03 Å². The minimum Gasteiger partial charge on any atom is -0.328 e. The molecule has 0 spiro atoms. The lowest BCUT2D eigenvalue weighted by Gasteiger charge is -2.13. The number of hydrogen-bond acceptors (Lipinski definition) is 5. The molecule has 148 valence electrons. The van der Waals surface area contributed by atoms with Gasteiger partial charge in [-0.25, -0.2) is 14.8 Å². The van der Waals surface area contributed by atoms with Crippen LogP contribution in [0.4, 0.5) is 4.79 Å². The molecule has 1 aliphatic carbocycles. The number of pyridine rings is 1. The average molecular weight is 427 g/mol. The topological polar surface area (TPSA) is 75.1 Å². The molecule has 2 aliphatic rings. The van der Waals surface area contributed by atoms with E-state index >= 15 is 0 Å². The zero-order valence-electron chi connectivity index (χ0n) is 15.7. The summed E-state index contributed by atoms with van der Waals surface area (Å²) in [5.41, 5.74) is 6.13. The standard InChI is InChI=1S/C20H19ClN6OS/c1-26-10-23-18(19(26)29-17-7-6-14(21)9-22-17)13-4-2-12(3-5-13)15-8-16(15)27-11-24-20(28)25-27/h2-7,9-10,15-16H,8,11H2,1H3,(H2,24,25,28)/t15-,16?/m1/s1. The predicted octanol–water partition coefficient (Wildman–Crippen LogP) is 3.63. The van der Waals surface area contributed by atoms with Crippen LogP contribution in [0, 0.1) is 0 Å². The van der Waals surface area contributed by atoms with Crippen LogP contribution in [-0.4, -0.2) is 38.3 Å². The third-order valence-corrected chi connectivity index (χ3v) is 6.56. The Labute approximate surface area is 177 Å². The van der Waals surface area contributed by atoms with Gasteiger partial charge in [0.15, 0.2) is 0 Å². The molecule has 9 heteroatoms. The van der Waals surface area contributed by atoms with Gasteiger partial charge in [-0.1, -0.05) is 35.9 Å². The summed E-state index contributed by atoms with van der Waals surface area (Å²) in [5.74, 6) is 0.445. The lowest BCUT2D eigenvalue weighted by molar-refractivity contribution is 0.216. The van der Waals surface area contributed by atoms with E-state index < -0.39 is 0 Å². The van der Waals surface area contributed by atoms with Gasteiger partial charge in [-0.3, -0.25) is 5.43 Å². The molecule has 0 bridgehead atoms. The van der Waals surface area contributed by atoms with Gasteiger partial charge in [0.1, 0.15) is 15.7 Å². The number of nitrogens with zero attached hydrogens (tertiary/aromatic N) is 4. The molecule has 5 rings (SSSR count). The Morgan fingerprint density at radius 3 is 2.69 bits per heavy atom. The molecule has 2 atom stereocenters. The summed E-state index contributed by atoms with van der Waals surface area (Å²) in [4.78, 5) is 20.3. The lowest BCUT2D eigenvalue weighted by Crippen LogP contribution is -2.35. The van der Waals surface area contributed by atoms with Crippen molar-refractivity contribution in [3.05, 3.63) is 59.5 Å². The summed E-state index contributed by atoms with van der Waals surface area (Å²) in [6.45, 7) is 0.561. The van der Waals surface area contributed by atoms with Gasteiger partial charge in [0.25, 0.3) is 0 Å². The van der Waals surface area contributed by atoms with E-state index in [0.29, 0.717) is 23.7 Å². The Balaban J connectivity index is 1.33. The molecule has 2 N–H and O–H groups in total. The number of hydrazine groups is 1. The SMILES string of the molecule is Cn1cnc(-c2ccc([C@H]3CC3N3CNC(=O)N3)cc2)c1Sc1ccc(Cl)cn1. The number of amides is 2. The van der Waals surface area contributed by atoms with Crippen molar-refractivity contribution >= 4 is 29.4 Å². The van der Waals surface area contributed by atoms with E-state index in [4.69, 9.17) is 11.6 Å². The molecule has 3 aromatic rings. The second-order valence-corrected chi connectivity index (χ2v) is 8.65. The number of aryl methyl sites for hydroxylation is 1. The van der Waals surface area contributed by atoms with Crippen molar-refractivity contribution in [2.75, 3.05) is 6.67 Å². The summed E-state index contributed by atoms with van der Waals surface area (Å²) in [6.07, 6.45) is 4.52. The fourth-order valence-electron chi connectivity index (χ4n) is 3.60. The molecule has 7 nitrogen and oxygen atoms in total. The number of rotatable bonds is 5. The van der Waals surface area contributed by atoms with Gasteiger partial charge in [0.05, 0.1) is 18.0 Å². The van der Waals surface area contributed by atoms with Gasteiger partial charge in [0.2, 0.25) is 0 Å². The van der Waals surface area contributed by atoms with E-state index in [1.54, 1.807) is 18.0 Å². The Kier molecular flexibility index (Phi) is 4.69. The minimum atomic E-state index is -0.124. The first-order valence-electron chi connectivity index (χ1n) is 9.30. The van der Waals surface area contributed by atoms with Crippen LogP contribution in [0.5, 0.6) is 0 Å². The van der Waals surface area contributed by atoms with Crippen LogP contribution >= 0.6 is 23.4 Å². The Hall–Kier alpha value is -2.55. The van der Waals surface area contributed by atoms with Crippen molar-refractivity contribution in [1.29, 1.82) is 0 Å². The van der Waals surface area contributed by atoms with E-state index in [2.05, 4.69) is 45.0 Å². The van der Waals surface area contributed by atoms with Crippen molar-refractivity contribution < 1.29 is 4.79 Å². The first-order valence-corrected chi connectivity index (χ1v) is 10.5. The van der Waals surface area contributed by atoms with Gasteiger partial charge in [-0.15, -0.1) is 0 Å². The number of halogens is 1. The number of carbonyl (C=O) groups excluding carboxylic acids is 1. The number of hydrogen-bond donors (Lipinski definition) is 2. The third-order valence-electron chi connectivity index (χ3n) is 5.21. The van der Waals surface area contributed by atoms with Gasteiger partial charge in [-0.05, 0) is 35.9 Å². The van der Waals surface area contributed by atoms with Crippen LogP contribution < -0.4 is 10.7 Å². The van der Waals surface area contributed by atoms with Crippen molar-refractivity contribution in [2.24, 2.45) is 7.05 Å². The van der Waals surface area contributed by atoms with Gasteiger partial charge in [0, 0.05) is 30.8 Å². The van der Waals surface area contributed by atoms with Crippen molar-refractivity contribution in [2.45, 2.75) is 28.4 Å². The van der Waals surface area contributed by atoms with Crippen molar-refractivity contribution in [1.82, 2.24) is 30.3 Å². The number of carbonyl (C=O) groups is 1. The summed E-state index contributed by atoms with van der Waals surface area (Å²) >= 11 is 7.51. The molecule has 2 amide bonds. The Morgan fingerprint density at radius 2 is 2.00 bits per heavy atom. The molecule has 2 aromatic heterocycles. The van der Waals surface area contributed by atoms with Crippen molar-refractivity contribution in [3.8, 4) is 11.3 Å². The fraction of sp³-hybridized carbons (Fsp3) is 0.250. The third kappa shape index (κ3) is 3.71. The van der Waals surface area contributed by atoms with Crippen LogP contribution in [0.3, 0.4) is 0 Å². The second kappa shape index (κ2) is 7.37. The highest BCUT2D eigenvalue weighted by molar-refractivity contribution is 7.99. The molecule has 1 saturated carbocycles. The molecular weight excluding hydrogens is 408 g/mol. The summed E-state index contributed by atoms with van der Waals surface area (Å²) < 4.78 is 2.00. The smallest absolute Gasteiger partial charge is 0.328 e. The first kappa shape index (κ1) is 18.5. The van der Waals surface area contributed by atoms with Crippen LogP contribution in [0.15, 0.2) is 59.0 Å². The molecule has 1 saturated heterocycles. The van der Waals surface area contributed by atoms with E-state index in [1.165, 1.54) is 5.56 Å². The fourth-order valence-corrected chi connectivity index (χ4v) is 4.61. The Morgan fingerprint density at radius 1 is 1.17 bits per heavy atom. The average Bonchev–Trinajstić information content (AvgIpc) is 3.28. The highest BCUT2D eigenvalue weighted by Crippen LogP contribution is 2.45. The predicted molar refractivity (Wildman–Crippen MR) is 112 cm³/mol. The second-order valence-electron chi connectivity index (χ2n) is 7.20. The van der Waals surface area contributed by atoms with Crippen molar-refractivity contribution in [3.63, 3.8) is 0 Å².